The molecule has 0 aromatic carbocycles. The summed E-state index contributed by atoms with van der Waals surface area (Å²) in [4.78, 5) is 0. The Hall–Kier alpha value is -0.590. The first-order chi connectivity index (χ1) is 4.16. The third-order valence-electron chi connectivity index (χ3n) is 0.996. The third kappa shape index (κ3) is 5.28. The van der Waals surface area contributed by atoms with Crippen molar-refractivity contribution in [2.45, 2.75) is 27.2 Å². The summed E-state index contributed by atoms with van der Waals surface area (Å²) in [6, 6.07) is 0. The summed E-state index contributed by atoms with van der Waals surface area (Å²) < 4.78 is 0. The van der Waals surface area contributed by atoms with Crippen LogP contribution in [0.4, 0.5) is 0 Å². The van der Waals surface area contributed by atoms with Gasteiger partial charge in [0.2, 0.25) is 0 Å². The van der Waals surface area contributed by atoms with Crippen molar-refractivity contribution < 1.29 is 0 Å². The van der Waals surface area contributed by atoms with E-state index in [1.165, 1.54) is 0 Å². The van der Waals surface area contributed by atoms with E-state index in [1.54, 1.807) is 0 Å². The van der Waals surface area contributed by atoms with Gasteiger partial charge in [0.25, 0.3) is 0 Å². The molecule has 0 aromatic heterocycles. The van der Waals surface area contributed by atoms with E-state index in [0.29, 0.717) is 5.92 Å². The van der Waals surface area contributed by atoms with Crippen LogP contribution in [-0.4, -0.2) is 5.71 Å². The highest BCUT2D eigenvalue weighted by atomic mass is 14.4. The van der Waals surface area contributed by atoms with Crippen molar-refractivity contribution >= 4 is 5.71 Å². The predicted molar refractivity (Wildman–Crippen MR) is 42.0 cm³/mol. The van der Waals surface area contributed by atoms with Crippen LogP contribution in [0.15, 0.2) is 12.2 Å². The average Bonchev–Trinajstić information content (AvgIpc) is 1.63. The molecule has 9 heavy (non-hydrogen) atoms. The fourth-order valence-electron chi connectivity index (χ4n) is 0.709. The molecule has 0 saturated heterocycles. The number of hydrogen-bond acceptors (Lipinski definition) is 1. The molecule has 0 unspecified atom stereocenters. The van der Waals surface area contributed by atoms with Gasteiger partial charge in [-0.1, -0.05) is 19.9 Å². The molecule has 0 aliphatic rings. The van der Waals surface area contributed by atoms with Crippen LogP contribution in [0, 0.1) is 11.3 Å². The van der Waals surface area contributed by atoms with E-state index in [1.807, 2.05) is 19.1 Å². The Morgan fingerprint density at radius 2 is 2.11 bits per heavy atom. The van der Waals surface area contributed by atoms with E-state index >= 15 is 0 Å². The van der Waals surface area contributed by atoms with Crippen LogP contribution in [-0.2, 0) is 0 Å². The Balaban J connectivity index is 3.51. The maximum absolute atomic E-state index is 7.33. The molecular weight excluding hydrogens is 110 g/mol. The highest BCUT2D eigenvalue weighted by molar-refractivity contribution is 5.92. The maximum atomic E-state index is 7.33. The third-order valence-corrected chi connectivity index (χ3v) is 0.996. The van der Waals surface area contributed by atoms with E-state index in [9.17, 15) is 0 Å². The SMILES string of the molecule is C/C=C\C(=N)CC(C)C. The van der Waals surface area contributed by atoms with Gasteiger partial charge in [0.15, 0.2) is 0 Å². The van der Waals surface area contributed by atoms with Gasteiger partial charge in [0.1, 0.15) is 0 Å². The fourth-order valence-corrected chi connectivity index (χ4v) is 0.709. The summed E-state index contributed by atoms with van der Waals surface area (Å²) in [5, 5.41) is 7.33. The lowest BCUT2D eigenvalue weighted by Crippen LogP contribution is -1.96. The van der Waals surface area contributed by atoms with Gasteiger partial charge in [0.05, 0.1) is 0 Å². The molecule has 0 aliphatic heterocycles. The van der Waals surface area contributed by atoms with Gasteiger partial charge < -0.3 is 5.41 Å². The van der Waals surface area contributed by atoms with Crippen molar-refractivity contribution in [3.05, 3.63) is 12.2 Å². The molecule has 1 N–H and O–H groups in total. The van der Waals surface area contributed by atoms with Crippen molar-refractivity contribution in [3.63, 3.8) is 0 Å². The minimum absolute atomic E-state index is 0.605. The summed E-state index contributed by atoms with van der Waals surface area (Å²) in [7, 11) is 0. The molecule has 0 fully saturated rings. The first-order valence-corrected chi connectivity index (χ1v) is 3.37. The Labute approximate surface area is 57.3 Å². The fraction of sp³-hybridized carbons (Fsp3) is 0.625. The molecular formula is C8H15N. The predicted octanol–water partition coefficient (Wildman–Crippen LogP) is 2.63. The zero-order valence-electron chi connectivity index (χ0n) is 6.44. The lowest BCUT2D eigenvalue weighted by atomic mass is 10.1. The smallest absolute Gasteiger partial charge is 0.0313 e. The lowest BCUT2D eigenvalue weighted by molar-refractivity contribution is 0.683. The molecule has 0 heterocycles. The Morgan fingerprint density at radius 3 is 2.44 bits per heavy atom. The number of allylic oxidation sites excluding steroid dienone is 2. The van der Waals surface area contributed by atoms with Gasteiger partial charge in [-0.15, -0.1) is 0 Å². The molecule has 0 bridgehead atoms. The van der Waals surface area contributed by atoms with Gasteiger partial charge in [-0.2, -0.15) is 0 Å². The van der Waals surface area contributed by atoms with Crippen LogP contribution in [0.2, 0.25) is 0 Å². The molecule has 0 spiro atoms. The van der Waals surface area contributed by atoms with E-state index in [-0.39, 0.29) is 0 Å². The lowest BCUT2D eigenvalue weighted by Gasteiger charge is -2.00. The second-order valence-corrected chi connectivity index (χ2v) is 2.62. The van der Waals surface area contributed by atoms with Crippen molar-refractivity contribution in [1.29, 1.82) is 5.41 Å². The second kappa shape index (κ2) is 4.30. The van der Waals surface area contributed by atoms with Gasteiger partial charge >= 0.3 is 0 Å². The first kappa shape index (κ1) is 8.41. The quantitative estimate of drug-likeness (QED) is 0.561. The molecule has 1 heteroatoms. The standard InChI is InChI=1S/C8H15N/c1-4-5-8(9)6-7(2)3/h4-5,7,9H,6H2,1-3H3/b5-4-,9-8?. The number of rotatable bonds is 3. The van der Waals surface area contributed by atoms with Crippen LogP contribution >= 0.6 is 0 Å². The summed E-state index contributed by atoms with van der Waals surface area (Å²) in [6.07, 6.45) is 4.65. The van der Waals surface area contributed by atoms with Crippen LogP contribution in [0.1, 0.15) is 27.2 Å². The zero-order chi connectivity index (χ0) is 7.28. The first-order valence-electron chi connectivity index (χ1n) is 3.37. The molecule has 0 aromatic rings. The Bertz CT molecular complexity index is 112. The monoisotopic (exact) mass is 125 g/mol. The van der Waals surface area contributed by atoms with Crippen LogP contribution in [0.5, 0.6) is 0 Å². The molecule has 0 atom stereocenters. The molecule has 1 nitrogen and oxygen atoms in total. The Kier molecular flexibility index (Phi) is 4.02. The Morgan fingerprint density at radius 1 is 1.56 bits per heavy atom. The molecule has 0 radical (unpaired) electrons. The number of hydrogen-bond donors (Lipinski definition) is 1. The summed E-state index contributed by atoms with van der Waals surface area (Å²) in [6.45, 7) is 6.19. The van der Waals surface area contributed by atoms with Gasteiger partial charge in [-0.3, -0.25) is 0 Å². The number of nitrogens with one attached hydrogen (secondary N) is 1. The van der Waals surface area contributed by atoms with Gasteiger partial charge in [-0.25, -0.2) is 0 Å². The van der Waals surface area contributed by atoms with Crippen molar-refractivity contribution in [2.75, 3.05) is 0 Å². The molecule has 0 saturated carbocycles. The molecule has 0 aliphatic carbocycles. The van der Waals surface area contributed by atoms with Gasteiger partial charge in [-0.05, 0) is 25.3 Å². The highest BCUT2D eigenvalue weighted by Crippen LogP contribution is 2.00. The van der Waals surface area contributed by atoms with Crippen LogP contribution in [0.3, 0.4) is 0 Å². The van der Waals surface area contributed by atoms with Crippen molar-refractivity contribution in [1.82, 2.24) is 0 Å². The minimum atomic E-state index is 0.605. The normalized spacial score (nSPS) is 11.1. The zero-order valence-corrected chi connectivity index (χ0v) is 6.44. The van der Waals surface area contributed by atoms with E-state index in [2.05, 4.69) is 13.8 Å². The van der Waals surface area contributed by atoms with Crippen LogP contribution < -0.4 is 0 Å². The highest BCUT2D eigenvalue weighted by Gasteiger charge is 1.94. The largest absolute Gasteiger partial charge is 0.305 e. The van der Waals surface area contributed by atoms with Crippen molar-refractivity contribution in [3.8, 4) is 0 Å². The molecule has 52 valence electrons. The van der Waals surface area contributed by atoms with E-state index < -0.39 is 0 Å². The molecule has 0 rings (SSSR count). The molecule has 0 amide bonds. The maximum Gasteiger partial charge on any atom is 0.0313 e. The average molecular weight is 125 g/mol. The second-order valence-electron chi connectivity index (χ2n) is 2.62. The van der Waals surface area contributed by atoms with E-state index in [4.69, 9.17) is 5.41 Å². The van der Waals surface area contributed by atoms with E-state index in [0.717, 1.165) is 12.1 Å². The van der Waals surface area contributed by atoms with Crippen molar-refractivity contribution in [2.24, 2.45) is 5.92 Å². The minimum Gasteiger partial charge on any atom is -0.305 e. The topological polar surface area (TPSA) is 23.9 Å². The summed E-state index contributed by atoms with van der Waals surface area (Å²) in [5.74, 6) is 0.605. The van der Waals surface area contributed by atoms with Crippen LogP contribution in [0.25, 0.3) is 0 Å². The summed E-state index contributed by atoms with van der Waals surface area (Å²) >= 11 is 0. The van der Waals surface area contributed by atoms with Gasteiger partial charge in [0, 0.05) is 5.71 Å². The summed E-state index contributed by atoms with van der Waals surface area (Å²) in [5.41, 5.74) is 0.729.